The van der Waals surface area contributed by atoms with E-state index in [-0.39, 0.29) is 6.04 Å². The third-order valence-corrected chi connectivity index (χ3v) is 3.94. The molecule has 0 aliphatic carbocycles. The third kappa shape index (κ3) is 2.43. The van der Waals surface area contributed by atoms with Gasteiger partial charge < -0.3 is 5.73 Å². The van der Waals surface area contributed by atoms with Crippen molar-refractivity contribution >= 4 is 11.6 Å². The summed E-state index contributed by atoms with van der Waals surface area (Å²) in [6, 6.07) is 12.1. The first-order chi connectivity index (χ1) is 8.50. The van der Waals surface area contributed by atoms with Crippen LogP contribution in [0.15, 0.2) is 36.4 Å². The van der Waals surface area contributed by atoms with Crippen LogP contribution in [0.1, 0.15) is 33.9 Å². The van der Waals surface area contributed by atoms with Gasteiger partial charge in [-0.2, -0.15) is 0 Å². The molecule has 0 radical (unpaired) electrons. The van der Waals surface area contributed by atoms with Crippen LogP contribution in [0.4, 0.5) is 0 Å². The number of benzene rings is 2. The Morgan fingerprint density at radius 3 is 2.39 bits per heavy atom. The maximum absolute atomic E-state index is 6.35. The van der Waals surface area contributed by atoms with Gasteiger partial charge in [0.1, 0.15) is 0 Å². The summed E-state index contributed by atoms with van der Waals surface area (Å²) < 4.78 is 0. The summed E-state index contributed by atoms with van der Waals surface area (Å²) in [6.07, 6.45) is 0. The molecule has 0 aliphatic heterocycles. The highest BCUT2D eigenvalue weighted by atomic mass is 35.5. The highest BCUT2D eigenvalue weighted by Gasteiger charge is 2.13. The van der Waals surface area contributed by atoms with Crippen molar-refractivity contribution in [1.29, 1.82) is 0 Å². The third-order valence-electron chi connectivity index (χ3n) is 3.54. The summed E-state index contributed by atoms with van der Waals surface area (Å²) in [4.78, 5) is 0. The van der Waals surface area contributed by atoms with Crippen molar-refractivity contribution in [2.75, 3.05) is 0 Å². The van der Waals surface area contributed by atoms with E-state index in [0.29, 0.717) is 0 Å². The molecule has 0 saturated heterocycles. The molecule has 0 amide bonds. The van der Waals surface area contributed by atoms with Crippen molar-refractivity contribution in [2.24, 2.45) is 5.73 Å². The molecule has 1 nitrogen and oxygen atoms in total. The van der Waals surface area contributed by atoms with Gasteiger partial charge in [-0.3, -0.25) is 0 Å². The zero-order valence-corrected chi connectivity index (χ0v) is 11.8. The minimum absolute atomic E-state index is 0.122. The van der Waals surface area contributed by atoms with E-state index in [1.165, 1.54) is 11.1 Å². The molecular formula is C16H18ClN. The number of hydrogen-bond donors (Lipinski definition) is 1. The fraction of sp³-hybridized carbons (Fsp3) is 0.250. The Bertz CT molecular complexity index is 575. The second kappa shape index (κ2) is 5.13. The molecule has 0 aromatic heterocycles. The first kappa shape index (κ1) is 13.1. The minimum Gasteiger partial charge on any atom is -0.320 e. The first-order valence-electron chi connectivity index (χ1n) is 6.08. The van der Waals surface area contributed by atoms with Gasteiger partial charge in [-0.1, -0.05) is 41.9 Å². The largest absolute Gasteiger partial charge is 0.320 e. The molecule has 0 saturated carbocycles. The first-order valence-corrected chi connectivity index (χ1v) is 6.46. The number of rotatable bonds is 2. The predicted octanol–water partition coefficient (Wildman–Crippen LogP) is 4.31. The fourth-order valence-electron chi connectivity index (χ4n) is 2.09. The van der Waals surface area contributed by atoms with Gasteiger partial charge in [-0.25, -0.2) is 0 Å². The lowest BCUT2D eigenvalue weighted by Gasteiger charge is -2.17. The minimum atomic E-state index is -0.122. The van der Waals surface area contributed by atoms with Gasteiger partial charge in [0.2, 0.25) is 0 Å². The van der Waals surface area contributed by atoms with E-state index in [1.54, 1.807) is 0 Å². The molecule has 2 heteroatoms. The van der Waals surface area contributed by atoms with Gasteiger partial charge in [0.15, 0.2) is 0 Å². The van der Waals surface area contributed by atoms with Crippen LogP contribution in [0, 0.1) is 20.8 Å². The maximum Gasteiger partial charge on any atom is 0.0554 e. The normalized spacial score (nSPS) is 12.5. The SMILES string of the molecule is Cc1ccc(C(N)c2cccc(C)c2C)cc1Cl. The van der Waals surface area contributed by atoms with Crippen molar-refractivity contribution < 1.29 is 0 Å². The summed E-state index contributed by atoms with van der Waals surface area (Å²) in [5.41, 5.74) is 12.2. The Hall–Kier alpha value is -1.31. The Kier molecular flexibility index (Phi) is 3.74. The van der Waals surface area contributed by atoms with E-state index in [1.807, 2.05) is 31.2 Å². The predicted molar refractivity (Wildman–Crippen MR) is 78.1 cm³/mol. The Labute approximate surface area is 114 Å². The molecule has 2 rings (SSSR count). The molecule has 0 bridgehead atoms. The monoisotopic (exact) mass is 259 g/mol. The molecule has 0 aliphatic rings. The summed E-state index contributed by atoms with van der Waals surface area (Å²) in [6.45, 7) is 6.21. The van der Waals surface area contributed by atoms with E-state index in [0.717, 1.165) is 21.7 Å². The molecule has 18 heavy (non-hydrogen) atoms. The van der Waals surface area contributed by atoms with Crippen molar-refractivity contribution in [3.63, 3.8) is 0 Å². The van der Waals surface area contributed by atoms with Crippen LogP contribution in [0.3, 0.4) is 0 Å². The maximum atomic E-state index is 6.35. The van der Waals surface area contributed by atoms with Gasteiger partial charge in [0, 0.05) is 5.02 Å². The van der Waals surface area contributed by atoms with Crippen LogP contribution in [-0.4, -0.2) is 0 Å². The lowest BCUT2D eigenvalue weighted by molar-refractivity contribution is 0.858. The molecule has 0 spiro atoms. The van der Waals surface area contributed by atoms with E-state index < -0.39 is 0 Å². The molecule has 2 N–H and O–H groups in total. The summed E-state index contributed by atoms with van der Waals surface area (Å²) in [7, 11) is 0. The molecular weight excluding hydrogens is 242 g/mol. The zero-order valence-electron chi connectivity index (χ0n) is 11.0. The van der Waals surface area contributed by atoms with Crippen LogP contribution < -0.4 is 5.73 Å². The van der Waals surface area contributed by atoms with Crippen molar-refractivity contribution in [3.05, 3.63) is 69.2 Å². The number of aryl methyl sites for hydroxylation is 2. The van der Waals surface area contributed by atoms with Gasteiger partial charge in [-0.05, 0) is 54.7 Å². The lowest BCUT2D eigenvalue weighted by Crippen LogP contribution is -2.13. The number of nitrogens with two attached hydrogens (primary N) is 1. The molecule has 1 atom stereocenters. The van der Waals surface area contributed by atoms with Gasteiger partial charge >= 0.3 is 0 Å². The Morgan fingerprint density at radius 2 is 1.72 bits per heavy atom. The van der Waals surface area contributed by atoms with Crippen LogP contribution in [-0.2, 0) is 0 Å². The van der Waals surface area contributed by atoms with E-state index in [9.17, 15) is 0 Å². The highest BCUT2D eigenvalue weighted by molar-refractivity contribution is 6.31. The van der Waals surface area contributed by atoms with Gasteiger partial charge in [-0.15, -0.1) is 0 Å². The highest BCUT2D eigenvalue weighted by Crippen LogP contribution is 2.27. The summed E-state index contributed by atoms with van der Waals surface area (Å²) in [5, 5.41) is 0.772. The van der Waals surface area contributed by atoms with Crippen molar-refractivity contribution in [1.82, 2.24) is 0 Å². The van der Waals surface area contributed by atoms with Crippen LogP contribution in [0.25, 0.3) is 0 Å². The van der Waals surface area contributed by atoms with Crippen LogP contribution in [0.2, 0.25) is 5.02 Å². The second-order valence-corrected chi connectivity index (χ2v) is 5.18. The van der Waals surface area contributed by atoms with Crippen LogP contribution in [0.5, 0.6) is 0 Å². The fourth-order valence-corrected chi connectivity index (χ4v) is 2.28. The van der Waals surface area contributed by atoms with Gasteiger partial charge in [0.05, 0.1) is 6.04 Å². The second-order valence-electron chi connectivity index (χ2n) is 4.78. The van der Waals surface area contributed by atoms with E-state index >= 15 is 0 Å². The number of halogens is 1. The molecule has 94 valence electrons. The van der Waals surface area contributed by atoms with Crippen molar-refractivity contribution in [3.8, 4) is 0 Å². The van der Waals surface area contributed by atoms with Crippen molar-refractivity contribution in [2.45, 2.75) is 26.8 Å². The lowest BCUT2D eigenvalue weighted by atomic mass is 9.93. The molecule has 1 unspecified atom stereocenters. The molecule has 2 aromatic rings. The zero-order chi connectivity index (χ0) is 13.3. The Balaban J connectivity index is 2.44. The van der Waals surface area contributed by atoms with E-state index in [2.05, 4.69) is 26.0 Å². The topological polar surface area (TPSA) is 26.0 Å². The van der Waals surface area contributed by atoms with Gasteiger partial charge in [0.25, 0.3) is 0 Å². The van der Waals surface area contributed by atoms with Crippen LogP contribution >= 0.6 is 11.6 Å². The Morgan fingerprint density at radius 1 is 1.00 bits per heavy atom. The molecule has 2 aromatic carbocycles. The summed E-state index contributed by atoms with van der Waals surface area (Å²) >= 11 is 6.16. The molecule has 0 fully saturated rings. The van der Waals surface area contributed by atoms with E-state index in [4.69, 9.17) is 17.3 Å². The molecule has 0 heterocycles. The average molecular weight is 260 g/mol. The number of hydrogen-bond acceptors (Lipinski definition) is 1. The quantitative estimate of drug-likeness (QED) is 0.854. The standard InChI is InChI=1S/C16H18ClN/c1-10-5-4-6-14(12(10)3)16(18)13-8-7-11(2)15(17)9-13/h4-9,16H,18H2,1-3H3. The average Bonchev–Trinajstić information content (AvgIpc) is 2.35. The summed E-state index contributed by atoms with van der Waals surface area (Å²) in [5.74, 6) is 0. The smallest absolute Gasteiger partial charge is 0.0554 e.